The fraction of sp³-hybridized carbons (Fsp3) is 0.238. The van der Waals surface area contributed by atoms with Gasteiger partial charge in [-0.05, 0) is 37.6 Å². The minimum absolute atomic E-state index is 0.267. The van der Waals surface area contributed by atoms with Crippen molar-refractivity contribution in [1.29, 1.82) is 0 Å². The number of aryl methyl sites for hydroxylation is 1. The van der Waals surface area contributed by atoms with Gasteiger partial charge in [0.25, 0.3) is 0 Å². The molecule has 3 aromatic rings. The van der Waals surface area contributed by atoms with Crippen LogP contribution in [-0.2, 0) is 21.4 Å². The van der Waals surface area contributed by atoms with Crippen molar-refractivity contribution >= 4 is 21.6 Å². The van der Waals surface area contributed by atoms with Crippen molar-refractivity contribution in [2.45, 2.75) is 26.4 Å². The highest BCUT2D eigenvalue weighted by molar-refractivity contribution is 7.92. The van der Waals surface area contributed by atoms with E-state index in [1.807, 2.05) is 54.1 Å². The molecule has 0 bridgehead atoms. The van der Waals surface area contributed by atoms with E-state index in [0.717, 1.165) is 27.4 Å². The van der Waals surface area contributed by atoms with Crippen LogP contribution in [0.4, 0.5) is 5.69 Å². The van der Waals surface area contributed by atoms with Crippen LogP contribution < -0.4 is 9.62 Å². The SMILES string of the molecule is Cc1ccc(N([C@H](C)C(=O)NCc2ccccc2-n2ccnc2)S(C)(=O)=O)cc1. The first-order valence-electron chi connectivity index (χ1n) is 9.17. The minimum atomic E-state index is -3.64. The second-order valence-electron chi connectivity index (χ2n) is 6.89. The third-order valence-corrected chi connectivity index (χ3v) is 5.85. The molecule has 1 amide bonds. The van der Waals surface area contributed by atoms with Crippen molar-refractivity contribution < 1.29 is 13.2 Å². The van der Waals surface area contributed by atoms with Gasteiger partial charge in [0, 0.05) is 18.9 Å². The molecular weight excluding hydrogens is 388 g/mol. The molecule has 0 radical (unpaired) electrons. The molecule has 8 heteroatoms. The van der Waals surface area contributed by atoms with E-state index in [4.69, 9.17) is 0 Å². The van der Waals surface area contributed by atoms with E-state index in [1.165, 1.54) is 0 Å². The molecule has 1 aromatic heterocycles. The van der Waals surface area contributed by atoms with Crippen molar-refractivity contribution in [3.8, 4) is 5.69 Å². The Kier molecular flexibility index (Phi) is 6.03. The fourth-order valence-electron chi connectivity index (χ4n) is 3.14. The maximum absolute atomic E-state index is 12.8. The lowest BCUT2D eigenvalue weighted by Gasteiger charge is -2.28. The van der Waals surface area contributed by atoms with Gasteiger partial charge in [-0.1, -0.05) is 35.9 Å². The van der Waals surface area contributed by atoms with Gasteiger partial charge in [0.1, 0.15) is 6.04 Å². The number of imidazole rings is 1. The molecule has 7 nitrogen and oxygen atoms in total. The highest BCUT2D eigenvalue weighted by Crippen LogP contribution is 2.21. The molecule has 0 unspecified atom stereocenters. The Bertz CT molecular complexity index is 1080. The predicted molar refractivity (Wildman–Crippen MR) is 113 cm³/mol. The van der Waals surface area contributed by atoms with E-state index in [2.05, 4.69) is 10.3 Å². The van der Waals surface area contributed by atoms with Gasteiger partial charge in [-0.2, -0.15) is 0 Å². The van der Waals surface area contributed by atoms with Gasteiger partial charge in [-0.25, -0.2) is 13.4 Å². The monoisotopic (exact) mass is 412 g/mol. The van der Waals surface area contributed by atoms with Crippen LogP contribution >= 0.6 is 0 Å². The smallest absolute Gasteiger partial charge is 0.243 e. The molecule has 2 aromatic carbocycles. The summed E-state index contributed by atoms with van der Waals surface area (Å²) < 4.78 is 27.8. The maximum atomic E-state index is 12.8. The molecule has 0 aliphatic carbocycles. The molecule has 29 heavy (non-hydrogen) atoms. The van der Waals surface area contributed by atoms with E-state index in [-0.39, 0.29) is 12.5 Å². The molecule has 1 atom stereocenters. The van der Waals surface area contributed by atoms with Gasteiger partial charge in [-0.3, -0.25) is 9.10 Å². The predicted octanol–water partition coefficient (Wildman–Crippen LogP) is 2.65. The van der Waals surface area contributed by atoms with E-state index in [0.29, 0.717) is 5.69 Å². The topological polar surface area (TPSA) is 84.3 Å². The number of hydrogen-bond donors (Lipinski definition) is 1. The second kappa shape index (κ2) is 8.48. The third kappa shape index (κ3) is 4.83. The Labute approximate surface area is 171 Å². The molecule has 0 aliphatic heterocycles. The lowest BCUT2D eigenvalue weighted by molar-refractivity contribution is -0.122. The normalized spacial score (nSPS) is 12.4. The average molecular weight is 413 g/mol. The van der Waals surface area contributed by atoms with Crippen molar-refractivity contribution in [3.05, 3.63) is 78.4 Å². The summed E-state index contributed by atoms with van der Waals surface area (Å²) in [4.78, 5) is 16.9. The molecule has 3 rings (SSSR count). The first-order chi connectivity index (χ1) is 13.8. The Balaban J connectivity index is 1.79. The van der Waals surface area contributed by atoms with Crippen LogP contribution in [0.25, 0.3) is 5.69 Å². The number of carbonyl (C=O) groups is 1. The molecule has 1 heterocycles. The number of sulfonamides is 1. The van der Waals surface area contributed by atoms with Crippen molar-refractivity contribution in [1.82, 2.24) is 14.9 Å². The van der Waals surface area contributed by atoms with E-state index < -0.39 is 16.1 Å². The van der Waals surface area contributed by atoms with E-state index in [1.54, 1.807) is 31.6 Å². The third-order valence-electron chi connectivity index (χ3n) is 4.60. The number of hydrogen-bond acceptors (Lipinski definition) is 4. The molecule has 1 N–H and O–H groups in total. The summed E-state index contributed by atoms with van der Waals surface area (Å²) in [5.41, 5.74) is 3.26. The van der Waals surface area contributed by atoms with Crippen LogP contribution in [0.3, 0.4) is 0 Å². The van der Waals surface area contributed by atoms with Crippen molar-refractivity contribution in [3.63, 3.8) is 0 Å². The first-order valence-corrected chi connectivity index (χ1v) is 11.0. The van der Waals surface area contributed by atoms with E-state index in [9.17, 15) is 13.2 Å². The molecule has 0 aliphatic rings. The number of para-hydroxylation sites is 1. The number of carbonyl (C=O) groups excluding carboxylic acids is 1. The Morgan fingerprint density at radius 1 is 1.17 bits per heavy atom. The summed E-state index contributed by atoms with van der Waals surface area (Å²) in [5.74, 6) is -0.378. The van der Waals surface area contributed by atoms with Crippen LogP contribution in [-0.4, -0.2) is 36.2 Å². The van der Waals surface area contributed by atoms with Crippen LogP contribution in [0.15, 0.2) is 67.3 Å². The molecule has 152 valence electrons. The Morgan fingerprint density at radius 3 is 2.48 bits per heavy atom. The quantitative estimate of drug-likeness (QED) is 0.647. The molecule has 0 spiro atoms. The summed E-state index contributed by atoms with van der Waals surface area (Å²) >= 11 is 0. The van der Waals surface area contributed by atoms with Crippen LogP contribution in [0.2, 0.25) is 0 Å². The van der Waals surface area contributed by atoms with Crippen LogP contribution in [0.5, 0.6) is 0 Å². The van der Waals surface area contributed by atoms with Gasteiger partial charge < -0.3 is 9.88 Å². The zero-order valence-electron chi connectivity index (χ0n) is 16.6. The number of aromatic nitrogens is 2. The number of nitrogens with one attached hydrogen (secondary N) is 1. The zero-order chi connectivity index (χ0) is 21.0. The van der Waals surface area contributed by atoms with Gasteiger partial charge in [0.05, 0.1) is 24.0 Å². The minimum Gasteiger partial charge on any atom is -0.350 e. The number of anilines is 1. The number of amides is 1. The first kappa shape index (κ1) is 20.6. The standard InChI is InChI=1S/C21H24N4O3S/c1-16-8-10-19(11-9-16)25(29(3,27)28)17(2)21(26)23-14-18-6-4-5-7-20(18)24-13-12-22-15-24/h4-13,15,17H,14H2,1-3H3,(H,23,26)/t17-/m1/s1. The van der Waals surface area contributed by atoms with E-state index >= 15 is 0 Å². The summed E-state index contributed by atoms with van der Waals surface area (Å²) in [6.45, 7) is 3.77. The van der Waals surface area contributed by atoms with Gasteiger partial charge in [0.2, 0.25) is 15.9 Å². The van der Waals surface area contributed by atoms with Gasteiger partial charge in [0.15, 0.2) is 0 Å². The molecular formula is C21H24N4O3S. The second-order valence-corrected chi connectivity index (χ2v) is 8.75. The molecule has 0 saturated carbocycles. The lowest BCUT2D eigenvalue weighted by Crippen LogP contribution is -2.47. The summed E-state index contributed by atoms with van der Waals surface area (Å²) in [7, 11) is -3.64. The highest BCUT2D eigenvalue weighted by atomic mass is 32.2. The summed E-state index contributed by atoms with van der Waals surface area (Å²) in [6, 6.07) is 13.8. The van der Waals surface area contributed by atoms with Crippen LogP contribution in [0, 0.1) is 6.92 Å². The maximum Gasteiger partial charge on any atom is 0.243 e. The number of benzene rings is 2. The Morgan fingerprint density at radius 2 is 1.86 bits per heavy atom. The molecule has 0 saturated heterocycles. The molecule has 0 fully saturated rings. The average Bonchev–Trinajstić information content (AvgIpc) is 3.21. The van der Waals surface area contributed by atoms with Gasteiger partial charge >= 0.3 is 0 Å². The summed E-state index contributed by atoms with van der Waals surface area (Å²) in [5, 5.41) is 2.86. The van der Waals surface area contributed by atoms with Crippen LogP contribution in [0.1, 0.15) is 18.1 Å². The largest absolute Gasteiger partial charge is 0.350 e. The highest BCUT2D eigenvalue weighted by Gasteiger charge is 2.29. The van der Waals surface area contributed by atoms with Gasteiger partial charge in [-0.15, -0.1) is 0 Å². The van der Waals surface area contributed by atoms with Crippen molar-refractivity contribution in [2.24, 2.45) is 0 Å². The summed E-state index contributed by atoms with van der Waals surface area (Å²) in [6.07, 6.45) is 6.30. The Hall–Kier alpha value is -3.13. The lowest BCUT2D eigenvalue weighted by atomic mass is 10.1. The number of nitrogens with zero attached hydrogens (tertiary/aromatic N) is 3. The van der Waals surface area contributed by atoms with Crippen molar-refractivity contribution in [2.75, 3.05) is 10.6 Å². The zero-order valence-corrected chi connectivity index (χ0v) is 17.4. The number of rotatable bonds is 7. The fourth-order valence-corrected chi connectivity index (χ4v) is 4.32.